The molecule has 1 N–H and O–H groups in total. The van der Waals surface area contributed by atoms with Crippen molar-refractivity contribution in [2.75, 3.05) is 21.2 Å². The van der Waals surface area contributed by atoms with Crippen LogP contribution >= 0.6 is 0 Å². The summed E-state index contributed by atoms with van der Waals surface area (Å²) < 4.78 is 5.25. The van der Waals surface area contributed by atoms with Crippen LogP contribution in [-0.4, -0.2) is 37.2 Å². The molecular weight excluding hydrogens is 353 g/mol. The van der Waals surface area contributed by atoms with E-state index in [2.05, 4.69) is 0 Å². The summed E-state index contributed by atoms with van der Waals surface area (Å²) in [6, 6.07) is 16.1. The van der Waals surface area contributed by atoms with Crippen molar-refractivity contribution in [1.82, 2.24) is 4.90 Å². The van der Waals surface area contributed by atoms with Gasteiger partial charge in [-0.15, -0.1) is 0 Å². The molecule has 0 aromatic heterocycles. The number of carbonyl (C=O) groups is 1. The molecule has 0 aliphatic carbocycles. The Labute approximate surface area is 180 Å². The molecule has 134 valence electrons. The fourth-order valence-corrected chi connectivity index (χ4v) is 3.32. The van der Waals surface area contributed by atoms with Gasteiger partial charge in [-0.1, -0.05) is 36.4 Å². The number of nitrogens with zero attached hydrogens (tertiary/aromatic N) is 1. The second-order valence-electron chi connectivity index (χ2n) is 6.34. The van der Waals surface area contributed by atoms with Gasteiger partial charge in [0.15, 0.2) is 0 Å². The molecule has 0 saturated heterocycles. The van der Waals surface area contributed by atoms with Gasteiger partial charge in [-0.2, -0.15) is 0 Å². The van der Waals surface area contributed by atoms with Crippen LogP contribution in [0.2, 0.25) is 0 Å². The summed E-state index contributed by atoms with van der Waals surface area (Å²) in [5.41, 5.74) is 1.24. The third-order valence-corrected chi connectivity index (χ3v) is 4.48. The third kappa shape index (κ3) is 4.12. The molecule has 27 heavy (non-hydrogen) atoms. The second kappa shape index (κ2) is 8.76. The van der Waals surface area contributed by atoms with Crippen LogP contribution < -0.4 is 39.4 Å². The first kappa shape index (κ1) is 21.3. The van der Waals surface area contributed by atoms with E-state index in [1.165, 1.54) is 6.07 Å². The van der Waals surface area contributed by atoms with Crippen LogP contribution in [0, 0.1) is 0 Å². The Morgan fingerprint density at radius 3 is 2.33 bits per heavy atom. The van der Waals surface area contributed by atoms with Crippen molar-refractivity contribution < 1.29 is 49.3 Å². The minimum atomic E-state index is -1.42. The average Bonchev–Trinajstić information content (AvgIpc) is 2.63. The summed E-state index contributed by atoms with van der Waals surface area (Å²) in [7, 11) is 5.32. The molecule has 3 aromatic rings. The largest absolute Gasteiger partial charge is 1.00 e. The van der Waals surface area contributed by atoms with E-state index in [1.807, 2.05) is 55.4 Å². The number of fused-ring (bicyclic) bond motifs is 1. The molecule has 0 bridgehead atoms. The molecule has 0 aliphatic heterocycles. The molecule has 3 aromatic carbocycles. The molecule has 5 nitrogen and oxygen atoms in total. The second-order valence-corrected chi connectivity index (χ2v) is 6.34. The Morgan fingerprint density at radius 1 is 1.11 bits per heavy atom. The van der Waals surface area contributed by atoms with E-state index in [0.29, 0.717) is 16.7 Å². The van der Waals surface area contributed by atoms with Crippen molar-refractivity contribution >= 4 is 16.7 Å². The molecule has 1 unspecified atom stereocenters. The molecule has 3 rings (SSSR count). The van der Waals surface area contributed by atoms with Gasteiger partial charge in [0.25, 0.3) is 0 Å². The number of hydrogen-bond acceptors (Lipinski definition) is 5. The molecule has 6 heteroatoms. The Hall–Kier alpha value is -2.05. The van der Waals surface area contributed by atoms with Crippen molar-refractivity contribution in [2.45, 2.75) is 6.04 Å². The van der Waals surface area contributed by atoms with Gasteiger partial charge in [0, 0.05) is 11.1 Å². The van der Waals surface area contributed by atoms with Gasteiger partial charge in [-0.3, -0.25) is 4.90 Å². The summed E-state index contributed by atoms with van der Waals surface area (Å²) in [4.78, 5) is 13.5. The maximum Gasteiger partial charge on any atom is 1.00 e. The molecule has 0 radical (unpaired) electrons. The number of aromatic hydroxyl groups is 1. The van der Waals surface area contributed by atoms with Gasteiger partial charge in [0.1, 0.15) is 11.5 Å². The van der Waals surface area contributed by atoms with E-state index in [1.54, 1.807) is 19.2 Å². The fourth-order valence-electron chi connectivity index (χ4n) is 3.32. The predicted octanol–water partition coefficient (Wildman–Crippen LogP) is -0.427. The quantitative estimate of drug-likeness (QED) is 0.615. The minimum Gasteiger partial charge on any atom is -0.545 e. The first-order chi connectivity index (χ1) is 12.4. The molecule has 0 aliphatic rings. The normalized spacial score (nSPS) is 11.9. The van der Waals surface area contributed by atoms with Crippen LogP contribution in [0.25, 0.3) is 10.8 Å². The topological polar surface area (TPSA) is 72.8 Å². The number of benzene rings is 3. The predicted molar refractivity (Wildman–Crippen MR) is 98.5 cm³/mol. The maximum absolute atomic E-state index is 11.6. The van der Waals surface area contributed by atoms with Crippen molar-refractivity contribution in [1.29, 1.82) is 0 Å². The van der Waals surface area contributed by atoms with E-state index in [9.17, 15) is 15.0 Å². The number of hydrogen-bond donors (Lipinski definition) is 1. The zero-order valence-electron chi connectivity index (χ0n) is 15.9. The van der Waals surface area contributed by atoms with Crippen molar-refractivity contribution in [3.8, 4) is 11.5 Å². The number of methoxy groups -OCH3 is 1. The van der Waals surface area contributed by atoms with Crippen LogP contribution in [-0.2, 0) is 0 Å². The van der Waals surface area contributed by atoms with E-state index >= 15 is 0 Å². The van der Waals surface area contributed by atoms with Crippen LogP contribution in [0.4, 0.5) is 0 Å². The van der Waals surface area contributed by atoms with Crippen molar-refractivity contribution in [3.63, 3.8) is 0 Å². The van der Waals surface area contributed by atoms with E-state index in [0.717, 1.165) is 10.9 Å². The number of carbonyl (C=O) groups excluding carboxylic acids is 1. The van der Waals surface area contributed by atoms with E-state index in [4.69, 9.17) is 4.74 Å². The van der Waals surface area contributed by atoms with Gasteiger partial charge >= 0.3 is 29.6 Å². The van der Waals surface area contributed by atoms with Gasteiger partial charge in [-0.05, 0) is 48.6 Å². The SMILES string of the molecule is COc1ccc2c(C(c3ccccc3)N(C)C)c(O)c(C(=O)[O-])cc2c1.[Na+]. The molecule has 0 heterocycles. The molecule has 0 spiro atoms. The minimum absolute atomic E-state index is 0. The van der Waals surface area contributed by atoms with Crippen LogP contribution in [0.5, 0.6) is 11.5 Å². The van der Waals surface area contributed by atoms with E-state index in [-0.39, 0.29) is 46.9 Å². The standard InChI is InChI=1S/C21H21NO4.Na/c1-22(2)19(13-7-5-4-6-8-13)18-16-10-9-15(26-3)11-14(16)12-17(20(18)23)21(24)25;/h4-12,19,23H,1-3H3,(H,24,25);/q;+1/p-1. The van der Waals surface area contributed by atoms with Gasteiger partial charge in [-0.25, -0.2) is 0 Å². The van der Waals surface area contributed by atoms with E-state index < -0.39 is 5.97 Å². The Kier molecular flexibility index (Phi) is 6.89. The number of rotatable bonds is 5. The molecule has 1 atom stereocenters. The van der Waals surface area contributed by atoms with Gasteiger partial charge in [0.05, 0.1) is 19.1 Å². The number of ether oxygens (including phenoxy) is 1. The van der Waals surface area contributed by atoms with Crippen molar-refractivity contribution in [2.24, 2.45) is 0 Å². The first-order valence-electron chi connectivity index (χ1n) is 8.20. The molecular formula is C21H20NNaO4. The summed E-state index contributed by atoms with van der Waals surface area (Å²) in [6.07, 6.45) is 0. The van der Waals surface area contributed by atoms with Gasteiger partial charge < -0.3 is 19.7 Å². The van der Waals surface area contributed by atoms with Crippen LogP contribution in [0.3, 0.4) is 0 Å². The summed E-state index contributed by atoms with van der Waals surface area (Å²) in [5, 5.41) is 23.8. The summed E-state index contributed by atoms with van der Waals surface area (Å²) in [6.45, 7) is 0. The third-order valence-electron chi connectivity index (χ3n) is 4.48. The van der Waals surface area contributed by atoms with Crippen molar-refractivity contribution in [3.05, 3.63) is 71.3 Å². The first-order valence-corrected chi connectivity index (χ1v) is 8.20. The number of carboxylic acids is 1. The Bertz CT molecular complexity index is 957. The van der Waals surface area contributed by atoms with Crippen LogP contribution in [0.1, 0.15) is 27.5 Å². The summed E-state index contributed by atoms with van der Waals surface area (Å²) in [5.74, 6) is -1.08. The number of aromatic carboxylic acids is 1. The smallest absolute Gasteiger partial charge is 0.545 e. The zero-order chi connectivity index (χ0) is 18.8. The zero-order valence-corrected chi connectivity index (χ0v) is 17.9. The average molecular weight is 373 g/mol. The van der Waals surface area contributed by atoms with Crippen LogP contribution in [0.15, 0.2) is 54.6 Å². The fraction of sp³-hybridized carbons (Fsp3) is 0.190. The molecule has 0 saturated carbocycles. The Morgan fingerprint density at radius 2 is 1.78 bits per heavy atom. The number of phenols is 1. The summed E-state index contributed by atoms with van der Waals surface area (Å²) >= 11 is 0. The molecule has 0 fully saturated rings. The number of carboxylic acid groups (broad SMARTS) is 1. The molecule has 0 amide bonds. The van der Waals surface area contributed by atoms with Gasteiger partial charge in [0.2, 0.25) is 0 Å². The monoisotopic (exact) mass is 373 g/mol. The Balaban J connectivity index is 0.00000261. The maximum atomic E-state index is 11.6.